The number of nitrogens with one attached hydrogen (secondary N) is 1. The Kier molecular flexibility index (Phi) is 4.06. The lowest BCUT2D eigenvalue weighted by Crippen LogP contribution is -2.27. The fraction of sp³-hybridized carbons (Fsp3) is 0.500. The molecule has 82 valence electrons. The summed E-state index contributed by atoms with van der Waals surface area (Å²) in [5.41, 5.74) is 1.24. The van der Waals surface area contributed by atoms with Crippen molar-refractivity contribution in [2.75, 3.05) is 0 Å². The second-order valence-electron chi connectivity index (χ2n) is 4.06. The van der Waals surface area contributed by atoms with Crippen molar-refractivity contribution >= 4 is 27.5 Å². The van der Waals surface area contributed by atoms with Crippen LogP contribution in [-0.4, -0.2) is 6.04 Å². The van der Waals surface area contributed by atoms with Crippen molar-refractivity contribution in [3.8, 4) is 0 Å². The summed E-state index contributed by atoms with van der Waals surface area (Å²) >= 11 is 9.52. The van der Waals surface area contributed by atoms with Crippen molar-refractivity contribution < 1.29 is 0 Å². The lowest BCUT2D eigenvalue weighted by atomic mass is 10.2. The van der Waals surface area contributed by atoms with Crippen LogP contribution in [-0.2, 0) is 0 Å². The van der Waals surface area contributed by atoms with Crippen molar-refractivity contribution in [1.29, 1.82) is 0 Å². The van der Waals surface area contributed by atoms with Gasteiger partial charge in [-0.3, -0.25) is 5.32 Å². The first-order chi connectivity index (χ1) is 7.25. The number of benzene rings is 1. The highest BCUT2D eigenvalue weighted by Gasteiger charge is 2.18. The maximum absolute atomic E-state index is 5.85. The maximum atomic E-state index is 5.85. The molecule has 1 N–H and O–H groups in total. The van der Waals surface area contributed by atoms with Crippen LogP contribution in [0, 0.1) is 0 Å². The molecule has 1 fully saturated rings. The van der Waals surface area contributed by atoms with Crippen LogP contribution in [0.5, 0.6) is 0 Å². The Bertz CT molecular complexity index is 306. The summed E-state index contributed by atoms with van der Waals surface area (Å²) in [6.45, 7) is 0. The minimum absolute atomic E-state index is 0.248. The highest BCUT2D eigenvalue weighted by molar-refractivity contribution is 9.09. The van der Waals surface area contributed by atoms with Gasteiger partial charge in [-0.2, -0.15) is 0 Å². The highest BCUT2D eigenvalue weighted by atomic mass is 79.9. The van der Waals surface area contributed by atoms with Crippen LogP contribution in [0.4, 0.5) is 0 Å². The molecular formula is C12H15BrClN. The van der Waals surface area contributed by atoms with Crippen LogP contribution in [0.2, 0.25) is 5.02 Å². The van der Waals surface area contributed by atoms with Gasteiger partial charge in [0, 0.05) is 11.1 Å². The number of rotatable bonds is 3. The molecular weight excluding hydrogens is 273 g/mol. The molecule has 1 aromatic rings. The fourth-order valence-electron chi connectivity index (χ4n) is 2.03. The molecule has 1 unspecified atom stereocenters. The number of alkyl halides is 1. The van der Waals surface area contributed by atoms with E-state index >= 15 is 0 Å². The monoisotopic (exact) mass is 287 g/mol. The largest absolute Gasteiger partial charge is 0.298 e. The van der Waals surface area contributed by atoms with Gasteiger partial charge in [-0.1, -0.05) is 52.5 Å². The van der Waals surface area contributed by atoms with E-state index in [2.05, 4.69) is 33.4 Å². The van der Waals surface area contributed by atoms with Crippen LogP contribution in [0.15, 0.2) is 24.3 Å². The van der Waals surface area contributed by atoms with E-state index in [1.807, 2.05) is 12.1 Å². The smallest absolute Gasteiger partial charge is 0.0888 e. The molecule has 15 heavy (non-hydrogen) atoms. The van der Waals surface area contributed by atoms with Gasteiger partial charge in [0.1, 0.15) is 0 Å². The number of hydrogen-bond acceptors (Lipinski definition) is 1. The second-order valence-corrected chi connectivity index (χ2v) is 5.41. The summed E-state index contributed by atoms with van der Waals surface area (Å²) in [4.78, 5) is 0.248. The van der Waals surface area contributed by atoms with Crippen molar-refractivity contribution in [3.63, 3.8) is 0 Å². The van der Waals surface area contributed by atoms with Gasteiger partial charge in [-0.25, -0.2) is 0 Å². The molecule has 0 spiro atoms. The number of halogens is 2. The van der Waals surface area contributed by atoms with Crippen LogP contribution >= 0.6 is 27.5 Å². The van der Waals surface area contributed by atoms with E-state index in [0.29, 0.717) is 6.04 Å². The van der Waals surface area contributed by atoms with E-state index < -0.39 is 0 Å². The fourth-order valence-corrected chi connectivity index (χ4v) is 2.83. The molecule has 0 aliphatic heterocycles. The molecule has 0 saturated heterocycles. The van der Waals surface area contributed by atoms with Crippen molar-refractivity contribution in [2.45, 2.75) is 36.7 Å². The second kappa shape index (κ2) is 5.33. The minimum atomic E-state index is 0.248. The van der Waals surface area contributed by atoms with Gasteiger partial charge in [-0.15, -0.1) is 0 Å². The quantitative estimate of drug-likeness (QED) is 0.647. The Hall–Kier alpha value is -0.0500. The van der Waals surface area contributed by atoms with E-state index in [1.54, 1.807) is 0 Å². The van der Waals surface area contributed by atoms with Gasteiger partial charge < -0.3 is 0 Å². The molecule has 1 aromatic carbocycles. The predicted molar refractivity (Wildman–Crippen MR) is 68.5 cm³/mol. The Morgan fingerprint density at radius 2 is 1.80 bits per heavy atom. The summed E-state index contributed by atoms with van der Waals surface area (Å²) in [5.74, 6) is 0. The Morgan fingerprint density at radius 1 is 1.20 bits per heavy atom. The van der Waals surface area contributed by atoms with Gasteiger partial charge in [0.2, 0.25) is 0 Å². The zero-order valence-corrected chi connectivity index (χ0v) is 10.9. The molecule has 1 aliphatic carbocycles. The van der Waals surface area contributed by atoms with Gasteiger partial charge in [0.15, 0.2) is 0 Å². The minimum Gasteiger partial charge on any atom is -0.298 e. The lowest BCUT2D eigenvalue weighted by Gasteiger charge is -2.18. The van der Waals surface area contributed by atoms with E-state index in [1.165, 1.54) is 31.2 Å². The standard InChI is InChI=1S/C12H15BrClN/c13-12(15-11-3-1-2-4-11)9-5-7-10(14)8-6-9/h5-8,11-12,15H,1-4H2. The summed E-state index contributed by atoms with van der Waals surface area (Å²) in [6.07, 6.45) is 5.32. The molecule has 1 atom stereocenters. The predicted octanol–water partition coefficient (Wildman–Crippen LogP) is 4.27. The summed E-state index contributed by atoms with van der Waals surface area (Å²) < 4.78 is 0. The average molecular weight is 289 g/mol. The molecule has 0 bridgehead atoms. The topological polar surface area (TPSA) is 12.0 Å². The molecule has 1 aliphatic rings. The third-order valence-electron chi connectivity index (χ3n) is 2.90. The molecule has 0 amide bonds. The zero-order valence-electron chi connectivity index (χ0n) is 8.55. The van der Waals surface area contributed by atoms with Gasteiger partial charge in [0.25, 0.3) is 0 Å². The first kappa shape index (κ1) is 11.4. The van der Waals surface area contributed by atoms with Crippen molar-refractivity contribution in [3.05, 3.63) is 34.9 Å². The van der Waals surface area contributed by atoms with Gasteiger partial charge >= 0.3 is 0 Å². The van der Waals surface area contributed by atoms with Crippen molar-refractivity contribution in [2.24, 2.45) is 0 Å². The average Bonchev–Trinajstić information content (AvgIpc) is 2.71. The number of hydrogen-bond donors (Lipinski definition) is 1. The van der Waals surface area contributed by atoms with E-state index in [0.717, 1.165) is 5.02 Å². The van der Waals surface area contributed by atoms with E-state index in [4.69, 9.17) is 11.6 Å². The van der Waals surface area contributed by atoms with E-state index in [-0.39, 0.29) is 4.95 Å². The third-order valence-corrected chi connectivity index (χ3v) is 3.94. The Morgan fingerprint density at radius 3 is 2.40 bits per heavy atom. The molecule has 0 aromatic heterocycles. The highest BCUT2D eigenvalue weighted by Crippen LogP contribution is 2.26. The summed E-state index contributed by atoms with van der Waals surface area (Å²) in [5, 5.41) is 4.38. The van der Waals surface area contributed by atoms with Gasteiger partial charge in [-0.05, 0) is 30.5 Å². The first-order valence-electron chi connectivity index (χ1n) is 5.41. The SMILES string of the molecule is Clc1ccc(C(Br)NC2CCCC2)cc1. The molecule has 1 saturated carbocycles. The van der Waals surface area contributed by atoms with Crippen LogP contribution in [0.3, 0.4) is 0 Å². The first-order valence-corrected chi connectivity index (χ1v) is 6.70. The molecule has 3 heteroatoms. The van der Waals surface area contributed by atoms with Gasteiger partial charge in [0.05, 0.1) is 4.95 Å². The molecule has 2 rings (SSSR count). The van der Waals surface area contributed by atoms with Crippen LogP contribution in [0.1, 0.15) is 36.2 Å². The molecule has 1 nitrogen and oxygen atoms in total. The Balaban J connectivity index is 1.94. The molecule has 0 radical (unpaired) electrons. The zero-order chi connectivity index (χ0) is 10.7. The normalized spacial score (nSPS) is 19.3. The molecule has 0 heterocycles. The van der Waals surface area contributed by atoms with E-state index in [9.17, 15) is 0 Å². The Labute approximate surface area is 104 Å². The van der Waals surface area contributed by atoms with Crippen molar-refractivity contribution in [1.82, 2.24) is 5.32 Å². The maximum Gasteiger partial charge on any atom is 0.0888 e. The van der Waals surface area contributed by atoms with Crippen LogP contribution in [0.25, 0.3) is 0 Å². The van der Waals surface area contributed by atoms with Crippen LogP contribution < -0.4 is 5.32 Å². The third kappa shape index (κ3) is 3.20. The lowest BCUT2D eigenvalue weighted by molar-refractivity contribution is 0.521. The summed E-state index contributed by atoms with van der Waals surface area (Å²) in [7, 11) is 0. The summed E-state index contributed by atoms with van der Waals surface area (Å²) in [6, 6.07) is 8.65.